The maximum absolute atomic E-state index is 8.99. The van der Waals surface area contributed by atoms with Crippen LogP contribution in [0, 0.1) is 13.8 Å². The molecule has 0 spiro atoms. The van der Waals surface area contributed by atoms with Gasteiger partial charge in [0.1, 0.15) is 0 Å². The van der Waals surface area contributed by atoms with Crippen molar-refractivity contribution in [2.24, 2.45) is 0 Å². The van der Waals surface area contributed by atoms with Crippen LogP contribution in [-0.2, 0) is 13.0 Å². The van der Waals surface area contributed by atoms with E-state index < -0.39 is 0 Å². The second-order valence-electron chi connectivity index (χ2n) is 4.51. The molecule has 0 saturated heterocycles. The average molecular weight is 245 g/mol. The van der Waals surface area contributed by atoms with Crippen molar-refractivity contribution in [2.75, 3.05) is 12.3 Å². The summed E-state index contributed by atoms with van der Waals surface area (Å²) in [7, 11) is 0. The average Bonchev–Trinajstić information content (AvgIpc) is 2.60. The van der Waals surface area contributed by atoms with Crippen LogP contribution in [0.15, 0.2) is 24.3 Å². The summed E-state index contributed by atoms with van der Waals surface area (Å²) >= 11 is 0. The third-order valence-corrected chi connectivity index (χ3v) is 3.20. The first-order chi connectivity index (χ1) is 8.61. The van der Waals surface area contributed by atoms with Gasteiger partial charge in [-0.2, -0.15) is 5.10 Å². The molecule has 0 amide bonds. The molecule has 0 bridgehead atoms. The standard InChI is InChI=1S/C14H19N3O/c1-10-14(11(2)17(16-10)7-8-18)9-12-3-5-13(15)6-4-12/h3-6,18H,7-9,15H2,1-2H3. The van der Waals surface area contributed by atoms with E-state index in [4.69, 9.17) is 10.8 Å². The van der Waals surface area contributed by atoms with E-state index in [1.807, 2.05) is 42.8 Å². The van der Waals surface area contributed by atoms with E-state index >= 15 is 0 Å². The van der Waals surface area contributed by atoms with Crippen LogP contribution < -0.4 is 5.73 Å². The molecule has 0 aliphatic carbocycles. The van der Waals surface area contributed by atoms with Crippen LogP contribution >= 0.6 is 0 Å². The number of hydrogen-bond acceptors (Lipinski definition) is 3. The van der Waals surface area contributed by atoms with Crippen LogP contribution in [0.3, 0.4) is 0 Å². The van der Waals surface area contributed by atoms with Gasteiger partial charge in [0.25, 0.3) is 0 Å². The second-order valence-corrected chi connectivity index (χ2v) is 4.51. The highest BCUT2D eigenvalue weighted by Gasteiger charge is 2.11. The molecule has 0 unspecified atom stereocenters. The van der Waals surface area contributed by atoms with Gasteiger partial charge in [-0.15, -0.1) is 0 Å². The normalized spacial score (nSPS) is 10.8. The van der Waals surface area contributed by atoms with Crippen LogP contribution in [0.2, 0.25) is 0 Å². The lowest BCUT2D eigenvalue weighted by Gasteiger charge is -2.04. The fourth-order valence-corrected chi connectivity index (χ4v) is 2.14. The summed E-state index contributed by atoms with van der Waals surface area (Å²) in [5.74, 6) is 0. The SMILES string of the molecule is Cc1nn(CCO)c(C)c1Cc1ccc(N)cc1. The number of nitrogens with two attached hydrogens (primary N) is 1. The number of anilines is 1. The molecule has 2 rings (SSSR count). The zero-order valence-electron chi connectivity index (χ0n) is 10.8. The molecule has 1 aromatic heterocycles. The summed E-state index contributed by atoms with van der Waals surface area (Å²) in [5, 5.41) is 13.4. The molecule has 3 N–H and O–H groups in total. The van der Waals surface area contributed by atoms with Gasteiger partial charge in [0.05, 0.1) is 18.8 Å². The Bertz CT molecular complexity index is 529. The highest BCUT2D eigenvalue weighted by molar-refractivity contribution is 5.41. The quantitative estimate of drug-likeness (QED) is 0.805. The number of benzene rings is 1. The number of aliphatic hydroxyl groups is 1. The lowest BCUT2D eigenvalue weighted by Crippen LogP contribution is -2.06. The van der Waals surface area contributed by atoms with E-state index in [-0.39, 0.29) is 6.61 Å². The van der Waals surface area contributed by atoms with E-state index in [1.165, 1.54) is 11.1 Å². The molecule has 2 aromatic rings. The van der Waals surface area contributed by atoms with Crippen LogP contribution in [0.5, 0.6) is 0 Å². The number of nitrogen functional groups attached to an aromatic ring is 1. The van der Waals surface area contributed by atoms with Crippen LogP contribution in [0.4, 0.5) is 5.69 Å². The van der Waals surface area contributed by atoms with Crippen molar-refractivity contribution in [3.05, 3.63) is 46.8 Å². The zero-order chi connectivity index (χ0) is 13.1. The number of aromatic nitrogens is 2. The monoisotopic (exact) mass is 245 g/mol. The van der Waals surface area contributed by atoms with Gasteiger partial charge < -0.3 is 10.8 Å². The fraction of sp³-hybridized carbons (Fsp3) is 0.357. The number of rotatable bonds is 4. The predicted molar refractivity (Wildman–Crippen MR) is 72.4 cm³/mol. The van der Waals surface area contributed by atoms with Crippen molar-refractivity contribution in [3.8, 4) is 0 Å². The first-order valence-electron chi connectivity index (χ1n) is 6.10. The number of hydrogen-bond donors (Lipinski definition) is 2. The Morgan fingerprint density at radius 1 is 1.22 bits per heavy atom. The van der Waals surface area contributed by atoms with Gasteiger partial charge in [0.2, 0.25) is 0 Å². The molecule has 0 radical (unpaired) electrons. The zero-order valence-corrected chi connectivity index (χ0v) is 10.8. The van der Waals surface area contributed by atoms with Gasteiger partial charge in [-0.3, -0.25) is 4.68 Å². The summed E-state index contributed by atoms with van der Waals surface area (Å²) in [5.41, 5.74) is 11.1. The van der Waals surface area contributed by atoms with Crippen molar-refractivity contribution in [1.82, 2.24) is 9.78 Å². The molecule has 1 heterocycles. The molecule has 0 aliphatic rings. The highest BCUT2D eigenvalue weighted by Crippen LogP contribution is 2.18. The van der Waals surface area contributed by atoms with Gasteiger partial charge in [0.15, 0.2) is 0 Å². The Hall–Kier alpha value is -1.81. The maximum atomic E-state index is 8.99. The molecular formula is C14H19N3O. The third kappa shape index (κ3) is 2.54. The smallest absolute Gasteiger partial charge is 0.0644 e. The van der Waals surface area contributed by atoms with Crippen LogP contribution in [0.1, 0.15) is 22.5 Å². The summed E-state index contributed by atoms with van der Waals surface area (Å²) < 4.78 is 1.86. The maximum Gasteiger partial charge on any atom is 0.0644 e. The molecule has 0 fully saturated rings. The predicted octanol–water partition coefficient (Wildman–Crippen LogP) is 1.67. The van der Waals surface area contributed by atoms with Gasteiger partial charge >= 0.3 is 0 Å². The number of aryl methyl sites for hydroxylation is 1. The molecular weight excluding hydrogens is 226 g/mol. The lowest BCUT2D eigenvalue weighted by molar-refractivity contribution is 0.268. The Kier molecular flexibility index (Phi) is 3.67. The number of aliphatic hydroxyl groups excluding tert-OH is 1. The third-order valence-electron chi connectivity index (χ3n) is 3.20. The lowest BCUT2D eigenvalue weighted by atomic mass is 10.0. The largest absolute Gasteiger partial charge is 0.399 e. The second kappa shape index (κ2) is 5.23. The van der Waals surface area contributed by atoms with E-state index in [9.17, 15) is 0 Å². The Labute approximate surface area is 107 Å². The van der Waals surface area contributed by atoms with Crippen molar-refractivity contribution in [3.63, 3.8) is 0 Å². The van der Waals surface area contributed by atoms with E-state index in [2.05, 4.69) is 5.10 Å². The first kappa shape index (κ1) is 12.6. The van der Waals surface area contributed by atoms with Gasteiger partial charge in [-0.05, 0) is 31.5 Å². The van der Waals surface area contributed by atoms with Crippen LogP contribution in [0.25, 0.3) is 0 Å². The fourth-order valence-electron chi connectivity index (χ4n) is 2.14. The van der Waals surface area contributed by atoms with E-state index in [1.54, 1.807) is 0 Å². The van der Waals surface area contributed by atoms with Crippen molar-refractivity contribution in [1.29, 1.82) is 0 Å². The minimum Gasteiger partial charge on any atom is -0.399 e. The minimum absolute atomic E-state index is 0.114. The first-order valence-corrected chi connectivity index (χ1v) is 6.10. The molecule has 96 valence electrons. The molecule has 0 atom stereocenters. The summed E-state index contributed by atoms with van der Waals surface area (Å²) in [6.07, 6.45) is 0.851. The van der Waals surface area contributed by atoms with E-state index in [0.29, 0.717) is 6.54 Å². The van der Waals surface area contributed by atoms with Gasteiger partial charge in [0, 0.05) is 23.4 Å². The van der Waals surface area contributed by atoms with Crippen molar-refractivity contribution < 1.29 is 5.11 Å². The van der Waals surface area contributed by atoms with Gasteiger partial charge in [-0.25, -0.2) is 0 Å². The summed E-state index contributed by atoms with van der Waals surface area (Å²) in [6.45, 7) is 4.72. The van der Waals surface area contributed by atoms with Crippen molar-refractivity contribution in [2.45, 2.75) is 26.8 Å². The molecule has 0 saturated carbocycles. The molecule has 4 nitrogen and oxygen atoms in total. The van der Waals surface area contributed by atoms with Gasteiger partial charge in [-0.1, -0.05) is 12.1 Å². The minimum atomic E-state index is 0.114. The Balaban J connectivity index is 2.26. The molecule has 0 aliphatic heterocycles. The number of nitrogens with zero attached hydrogens (tertiary/aromatic N) is 2. The molecule has 18 heavy (non-hydrogen) atoms. The summed E-state index contributed by atoms with van der Waals surface area (Å²) in [6, 6.07) is 7.91. The van der Waals surface area contributed by atoms with E-state index in [0.717, 1.165) is 23.5 Å². The molecule has 4 heteroatoms. The Morgan fingerprint density at radius 2 is 1.89 bits per heavy atom. The topological polar surface area (TPSA) is 64.1 Å². The van der Waals surface area contributed by atoms with Crippen molar-refractivity contribution >= 4 is 5.69 Å². The molecule has 1 aromatic carbocycles. The summed E-state index contributed by atoms with van der Waals surface area (Å²) in [4.78, 5) is 0. The highest BCUT2D eigenvalue weighted by atomic mass is 16.3. The van der Waals surface area contributed by atoms with Crippen LogP contribution in [-0.4, -0.2) is 21.5 Å². The Morgan fingerprint density at radius 3 is 2.50 bits per heavy atom.